The van der Waals surface area contributed by atoms with Crippen molar-refractivity contribution in [3.8, 4) is 16.5 Å². The number of halogens is 1. The van der Waals surface area contributed by atoms with Gasteiger partial charge in [0.25, 0.3) is 0 Å². The maximum Gasteiger partial charge on any atom is 0.125 e. The second-order valence-corrected chi connectivity index (χ2v) is 4.48. The first-order valence-corrected chi connectivity index (χ1v) is 5.54. The minimum Gasteiger partial charge on any atom is -0.326 e. The fraction of sp³-hybridized carbons (Fsp3) is 0.0833. The summed E-state index contributed by atoms with van der Waals surface area (Å²) in [7, 11) is 0. The molecule has 0 radical (unpaired) electrons. The fourth-order valence-electron chi connectivity index (χ4n) is 1.44. The van der Waals surface area contributed by atoms with Crippen LogP contribution in [-0.2, 0) is 6.54 Å². The van der Waals surface area contributed by atoms with Gasteiger partial charge in [0.15, 0.2) is 0 Å². The first-order valence-electron chi connectivity index (χ1n) is 4.73. The first kappa shape index (κ1) is 10.8. The van der Waals surface area contributed by atoms with Gasteiger partial charge in [-0.15, -0.1) is 11.3 Å². The minimum absolute atomic E-state index is 0.331. The molecule has 0 bridgehead atoms. The van der Waals surface area contributed by atoms with Crippen molar-refractivity contribution in [2.75, 3.05) is 0 Å². The molecule has 2 rings (SSSR count). The standard InChI is InChI=1S/C12H9FN2S/c13-10-4-8(6-14)3-9(5-10)12-2-1-11(7-15)16-12/h1-5H,7,15H2. The van der Waals surface area contributed by atoms with Crippen molar-refractivity contribution in [2.24, 2.45) is 5.73 Å². The summed E-state index contributed by atoms with van der Waals surface area (Å²) >= 11 is 1.51. The van der Waals surface area contributed by atoms with E-state index in [1.165, 1.54) is 23.5 Å². The third-order valence-corrected chi connectivity index (χ3v) is 3.33. The Hall–Kier alpha value is -1.70. The van der Waals surface area contributed by atoms with E-state index in [1.807, 2.05) is 18.2 Å². The Morgan fingerprint density at radius 1 is 1.31 bits per heavy atom. The summed E-state index contributed by atoms with van der Waals surface area (Å²) < 4.78 is 13.2. The molecule has 0 fully saturated rings. The van der Waals surface area contributed by atoms with Gasteiger partial charge in [0.1, 0.15) is 5.82 Å². The molecule has 1 heterocycles. The molecule has 0 saturated heterocycles. The smallest absolute Gasteiger partial charge is 0.125 e. The predicted octanol–water partition coefficient (Wildman–Crippen LogP) is 2.88. The van der Waals surface area contributed by atoms with Crippen molar-refractivity contribution >= 4 is 11.3 Å². The van der Waals surface area contributed by atoms with Crippen LogP contribution < -0.4 is 5.73 Å². The van der Waals surface area contributed by atoms with Crippen molar-refractivity contribution in [3.63, 3.8) is 0 Å². The van der Waals surface area contributed by atoms with Gasteiger partial charge in [0, 0.05) is 16.3 Å². The normalized spacial score (nSPS) is 10.1. The van der Waals surface area contributed by atoms with Crippen LogP contribution in [0.1, 0.15) is 10.4 Å². The summed E-state index contributed by atoms with van der Waals surface area (Å²) in [5.74, 6) is -0.392. The van der Waals surface area contributed by atoms with Crippen LogP contribution in [0.2, 0.25) is 0 Å². The molecule has 16 heavy (non-hydrogen) atoms. The van der Waals surface area contributed by atoms with Gasteiger partial charge in [-0.05, 0) is 35.9 Å². The maximum absolute atomic E-state index is 13.2. The average Bonchev–Trinajstić information content (AvgIpc) is 2.76. The lowest BCUT2D eigenvalue weighted by Gasteiger charge is -1.98. The van der Waals surface area contributed by atoms with Crippen molar-refractivity contribution in [1.82, 2.24) is 0 Å². The highest BCUT2D eigenvalue weighted by atomic mass is 32.1. The molecular weight excluding hydrogens is 223 g/mol. The van der Waals surface area contributed by atoms with Crippen LogP contribution in [0.15, 0.2) is 30.3 Å². The zero-order valence-electron chi connectivity index (χ0n) is 8.40. The largest absolute Gasteiger partial charge is 0.326 e. The second-order valence-electron chi connectivity index (χ2n) is 3.31. The molecule has 4 heteroatoms. The zero-order valence-corrected chi connectivity index (χ0v) is 9.22. The summed E-state index contributed by atoms with van der Waals surface area (Å²) in [4.78, 5) is 1.97. The first-order chi connectivity index (χ1) is 7.72. The van der Waals surface area contributed by atoms with Crippen molar-refractivity contribution in [3.05, 3.63) is 46.6 Å². The van der Waals surface area contributed by atoms with E-state index in [2.05, 4.69) is 0 Å². The molecule has 0 unspecified atom stereocenters. The fourth-order valence-corrected chi connectivity index (χ4v) is 2.31. The average molecular weight is 232 g/mol. The number of nitriles is 1. The molecule has 0 aliphatic heterocycles. The van der Waals surface area contributed by atoms with Gasteiger partial charge in [0.2, 0.25) is 0 Å². The van der Waals surface area contributed by atoms with Crippen LogP contribution in [0.5, 0.6) is 0 Å². The summed E-state index contributed by atoms with van der Waals surface area (Å²) in [6, 6.07) is 10.1. The highest BCUT2D eigenvalue weighted by Crippen LogP contribution is 2.29. The maximum atomic E-state index is 13.2. The number of hydrogen-bond donors (Lipinski definition) is 1. The van der Waals surface area contributed by atoms with Crippen molar-refractivity contribution in [2.45, 2.75) is 6.54 Å². The molecule has 0 saturated carbocycles. The molecule has 0 spiro atoms. The SMILES string of the molecule is N#Cc1cc(F)cc(-c2ccc(CN)s2)c1. The summed E-state index contributed by atoms with van der Waals surface area (Å²) in [5.41, 5.74) is 6.57. The van der Waals surface area contributed by atoms with Gasteiger partial charge in [0.05, 0.1) is 11.6 Å². The number of benzene rings is 1. The van der Waals surface area contributed by atoms with Crippen LogP contribution in [0.3, 0.4) is 0 Å². The molecule has 0 atom stereocenters. The van der Waals surface area contributed by atoms with Gasteiger partial charge in [-0.1, -0.05) is 0 Å². The molecule has 2 nitrogen and oxygen atoms in total. The number of nitrogens with zero attached hydrogens (tertiary/aromatic N) is 1. The lowest BCUT2D eigenvalue weighted by molar-refractivity contribution is 0.628. The molecule has 1 aromatic carbocycles. The van der Waals surface area contributed by atoms with Crippen LogP contribution in [0.4, 0.5) is 4.39 Å². The molecule has 1 aromatic heterocycles. The molecule has 2 aromatic rings. The number of rotatable bonds is 2. The Balaban J connectivity index is 2.47. The van der Waals surface area contributed by atoms with Crippen molar-refractivity contribution < 1.29 is 4.39 Å². The third-order valence-electron chi connectivity index (χ3n) is 2.17. The number of nitrogens with two attached hydrogens (primary N) is 1. The van der Waals surface area contributed by atoms with Gasteiger partial charge in [-0.3, -0.25) is 0 Å². The lowest BCUT2D eigenvalue weighted by Crippen LogP contribution is -1.91. The predicted molar refractivity (Wildman–Crippen MR) is 62.3 cm³/mol. The van der Waals surface area contributed by atoms with Gasteiger partial charge < -0.3 is 5.73 Å². The van der Waals surface area contributed by atoms with E-state index in [0.717, 1.165) is 15.3 Å². The van der Waals surface area contributed by atoms with Crippen LogP contribution in [0.25, 0.3) is 10.4 Å². The third kappa shape index (κ3) is 2.11. The molecular formula is C12H9FN2S. The monoisotopic (exact) mass is 232 g/mol. The molecule has 0 aliphatic rings. The van der Waals surface area contributed by atoms with E-state index in [4.69, 9.17) is 11.0 Å². The zero-order chi connectivity index (χ0) is 11.5. The van der Waals surface area contributed by atoms with Gasteiger partial charge in [-0.25, -0.2) is 4.39 Å². The van der Waals surface area contributed by atoms with E-state index in [0.29, 0.717) is 12.1 Å². The highest BCUT2D eigenvalue weighted by molar-refractivity contribution is 7.15. The quantitative estimate of drug-likeness (QED) is 0.865. The topological polar surface area (TPSA) is 49.8 Å². The molecule has 80 valence electrons. The molecule has 0 aliphatic carbocycles. The summed E-state index contributed by atoms with van der Waals surface area (Å²) in [6.07, 6.45) is 0. The van der Waals surface area contributed by atoms with E-state index in [1.54, 1.807) is 6.07 Å². The lowest BCUT2D eigenvalue weighted by atomic mass is 10.1. The second kappa shape index (κ2) is 4.44. The van der Waals surface area contributed by atoms with E-state index < -0.39 is 5.82 Å². The Labute approximate surface area is 96.8 Å². The Morgan fingerprint density at radius 3 is 2.75 bits per heavy atom. The molecule has 0 amide bonds. The van der Waals surface area contributed by atoms with E-state index in [9.17, 15) is 4.39 Å². The van der Waals surface area contributed by atoms with E-state index >= 15 is 0 Å². The van der Waals surface area contributed by atoms with Gasteiger partial charge in [-0.2, -0.15) is 5.26 Å². The van der Waals surface area contributed by atoms with Crippen LogP contribution in [-0.4, -0.2) is 0 Å². The number of thiophene rings is 1. The highest BCUT2D eigenvalue weighted by Gasteiger charge is 2.05. The van der Waals surface area contributed by atoms with Crippen LogP contribution in [0, 0.1) is 17.1 Å². The Morgan fingerprint density at radius 2 is 2.12 bits per heavy atom. The summed E-state index contributed by atoms with van der Waals surface area (Å²) in [5, 5.41) is 8.75. The number of hydrogen-bond acceptors (Lipinski definition) is 3. The Bertz CT molecular complexity index is 554. The molecule has 2 N–H and O–H groups in total. The van der Waals surface area contributed by atoms with E-state index in [-0.39, 0.29) is 0 Å². The van der Waals surface area contributed by atoms with Gasteiger partial charge >= 0.3 is 0 Å². The van der Waals surface area contributed by atoms with Crippen LogP contribution >= 0.6 is 11.3 Å². The van der Waals surface area contributed by atoms with Crippen molar-refractivity contribution in [1.29, 1.82) is 5.26 Å². The summed E-state index contributed by atoms with van der Waals surface area (Å²) in [6.45, 7) is 0.477. The minimum atomic E-state index is -0.392. The Kier molecular flexibility index (Phi) is 3.00.